The number of rotatable bonds is 27. The Labute approximate surface area is 550 Å². The van der Waals surface area contributed by atoms with Crippen molar-refractivity contribution < 1.29 is 55.4 Å². The second kappa shape index (κ2) is 29.8. The van der Waals surface area contributed by atoms with Crippen molar-refractivity contribution in [2.75, 3.05) is 6.61 Å². The molecule has 0 aromatic rings. The first-order valence-electron chi connectivity index (χ1n) is 33.4. The molecule has 5 heterocycles. The maximum Gasteiger partial charge on any atom is 0.193 e. The van der Waals surface area contributed by atoms with Crippen molar-refractivity contribution in [1.29, 1.82) is 0 Å². The summed E-state index contributed by atoms with van der Waals surface area (Å²) in [6.45, 7) is 71.5. The highest BCUT2D eigenvalue weighted by Crippen LogP contribution is 2.49. The molecule has 5 aliphatic heterocycles. The van der Waals surface area contributed by atoms with E-state index in [1.165, 1.54) is 0 Å². The van der Waals surface area contributed by atoms with E-state index in [4.69, 9.17) is 45.8 Å². The van der Waals surface area contributed by atoms with Gasteiger partial charge in [-0.25, -0.2) is 0 Å². The summed E-state index contributed by atoms with van der Waals surface area (Å²) in [6, 6.07) is 0. The topological polar surface area (TPSA) is 126 Å². The summed E-state index contributed by atoms with van der Waals surface area (Å²) in [7, 11) is -11.6. The molecule has 4 unspecified atom stereocenters. The quantitative estimate of drug-likeness (QED) is 0.0336. The third kappa shape index (κ3) is 20.4. The molecular weight excluding hydrogens is 1290 g/mol. The summed E-state index contributed by atoms with van der Waals surface area (Å²) in [5.74, 6) is 0.0966. The SMILES string of the molecule is C=C1C[C@H](CC[C@@H]2O[C@@H](CCC=O)CC2=C)O[C@H](C[C@@H]2O[C@H](C[C@@H](CO[Si](C)(C)C(C)(C)C)O[Si](C)(C)C(C)(C)C)C[C@H]2CC(=O)C[C@H]2CC[C@@H]3OC(C(/C=C/I)O[Si](C)(C)C(C)(C)C)C(O[Si](C)(C)C(C)(C)C)C(O[Si](C)(C)C(C)(C)C)[C@@H]3O2)C1=C. The number of ketones is 1. The predicted molar refractivity (Wildman–Crippen MR) is 380 cm³/mol. The summed E-state index contributed by atoms with van der Waals surface area (Å²) >= 11 is 2.32. The number of hydrogen-bond donors (Lipinski definition) is 0. The number of hydrogen-bond acceptors (Lipinski definition) is 12. The van der Waals surface area contributed by atoms with Gasteiger partial charge in [0.2, 0.25) is 0 Å². The Morgan fingerprint density at radius 2 is 1.15 bits per heavy atom. The number of carbonyl (C=O) groups is 2. The van der Waals surface area contributed by atoms with Crippen LogP contribution < -0.4 is 0 Å². The highest BCUT2D eigenvalue weighted by atomic mass is 127. The lowest BCUT2D eigenvalue weighted by molar-refractivity contribution is -0.266. The van der Waals surface area contributed by atoms with Gasteiger partial charge in [0, 0.05) is 32.1 Å². The third-order valence-electron chi connectivity index (χ3n) is 22.5. The van der Waals surface area contributed by atoms with Crippen molar-refractivity contribution in [2.45, 2.75) is 363 Å². The summed E-state index contributed by atoms with van der Waals surface area (Å²) in [5.41, 5.74) is 2.98. The monoisotopic (exact) mass is 1410 g/mol. The van der Waals surface area contributed by atoms with Gasteiger partial charge >= 0.3 is 0 Å². The fourth-order valence-electron chi connectivity index (χ4n) is 11.6. The molecule has 5 fully saturated rings. The molecule has 0 radical (unpaired) electrons. The van der Waals surface area contributed by atoms with E-state index in [1.807, 2.05) is 0 Å². The van der Waals surface area contributed by atoms with Gasteiger partial charge in [0.05, 0.1) is 67.6 Å². The van der Waals surface area contributed by atoms with E-state index < -0.39 is 66.0 Å². The zero-order chi connectivity index (χ0) is 66.1. The lowest BCUT2D eigenvalue weighted by Crippen LogP contribution is -2.69. The molecule has 0 aromatic heterocycles. The first kappa shape index (κ1) is 77.4. The van der Waals surface area contributed by atoms with E-state index in [1.54, 1.807) is 0 Å². The average molecular weight is 1420 g/mol. The Morgan fingerprint density at radius 1 is 0.609 bits per heavy atom. The number of fused-ring (bicyclic) bond motifs is 1. The molecule has 5 aliphatic rings. The van der Waals surface area contributed by atoms with Crippen LogP contribution in [-0.4, -0.2) is 146 Å². The highest BCUT2D eigenvalue weighted by Gasteiger charge is 2.58. The summed E-state index contributed by atoms with van der Waals surface area (Å²) in [4.78, 5) is 26.3. The zero-order valence-corrected chi connectivity index (χ0v) is 66.8. The summed E-state index contributed by atoms with van der Waals surface area (Å²) < 4.78 is 74.6. The maximum atomic E-state index is 15.2. The normalized spacial score (nSPS) is 30.5. The molecule has 12 nitrogen and oxygen atoms in total. The zero-order valence-electron chi connectivity index (χ0n) is 59.7. The maximum absolute atomic E-state index is 15.2. The van der Waals surface area contributed by atoms with Crippen LogP contribution in [0.25, 0.3) is 0 Å². The van der Waals surface area contributed by atoms with Crippen molar-refractivity contribution in [3.05, 3.63) is 46.6 Å². The van der Waals surface area contributed by atoms with Gasteiger partial charge in [0.25, 0.3) is 0 Å². The molecule has 0 bridgehead atoms. The second-order valence-electron chi connectivity index (χ2n) is 34.6. The summed E-state index contributed by atoms with van der Waals surface area (Å²) in [6.07, 6.45) is 7.53. The van der Waals surface area contributed by atoms with E-state index in [0.717, 1.165) is 48.7 Å². The molecule has 15 atom stereocenters. The van der Waals surface area contributed by atoms with Gasteiger partial charge in [-0.05, 0) is 175 Å². The summed E-state index contributed by atoms with van der Waals surface area (Å²) in [5, 5.41) is -0.184. The Bertz CT molecular complexity index is 2360. The van der Waals surface area contributed by atoms with Crippen molar-refractivity contribution in [3.63, 3.8) is 0 Å². The van der Waals surface area contributed by atoms with Crippen molar-refractivity contribution >= 4 is 76.2 Å². The largest absolute Gasteiger partial charge is 0.414 e. The molecule has 0 amide bonds. The molecule has 0 aromatic carbocycles. The molecule has 5 rings (SSSR count). The van der Waals surface area contributed by atoms with Gasteiger partial charge in [-0.15, -0.1) is 0 Å². The van der Waals surface area contributed by atoms with Crippen LogP contribution in [0.1, 0.15) is 187 Å². The Balaban J connectivity index is 1.47. The van der Waals surface area contributed by atoms with Crippen molar-refractivity contribution in [3.8, 4) is 0 Å². The molecule has 0 aliphatic carbocycles. The average Bonchev–Trinajstić information content (AvgIpc) is 1.43. The van der Waals surface area contributed by atoms with Gasteiger partial charge in [-0.1, -0.05) is 146 Å². The molecular formula is C69H127IO12Si5. The van der Waals surface area contributed by atoms with Crippen LogP contribution in [0.15, 0.2) is 46.6 Å². The first-order chi connectivity index (χ1) is 39.5. The second-order valence-corrected chi connectivity index (χ2v) is 59.1. The number of aldehydes is 1. The van der Waals surface area contributed by atoms with Crippen LogP contribution in [0, 0.1) is 5.92 Å². The van der Waals surface area contributed by atoms with Crippen molar-refractivity contribution in [2.24, 2.45) is 5.92 Å². The first-order valence-corrected chi connectivity index (χ1v) is 49.2. The molecule has 502 valence electrons. The van der Waals surface area contributed by atoms with Gasteiger partial charge in [0.15, 0.2) is 41.6 Å². The lowest BCUT2D eigenvalue weighted by Gasteiger charge is -2.56. The van der Waals surface area contributed by atoms with E-state index in [9.17, 15) is 4.79 Å². The van der Waals surface area contributed by atoms with Crippen LogP contribution in [0.5, 0.6) is 0 Å². The van der Waals surface area contributed by atoms with E-state index in [-0.39, 0.29) is 104 Å². The number of halogens is 1. The molecule has 0 N–H and O–H groups in total. The van der Waals surface area contributed by atoms with Crippen LogP contribution in [0.2, 0.25) is 90.7 Å². The third-order valence-corrected chi connectivity index (χ3v) is 45.4. The minimum atomic E-state index is -2.48. The molecule has 0 spiro atoms. The highest BCUT2D eigenvalue weighted by molar-refractivity contribution is 14.1. The van der Waals surface area contributed by atoms with Crippen molar-refractivity contribution in [1.82, 2.24) is 0 Å². The van der Waals surface area contributed by atoms with Crippen LogP contribution in [0.3, 0.4) is 0 Å². The Hall–Kier alpha value is -0.286. The predicted octanol–water partition coefficient (Wildman–Crippen LogP) is 18.5. The van der Waals surface area contributed by atoms with Gasteiger partial charge in [-0.3, -0.25) is 4.79 Å². The number of carbonyl (C=O) groups excluding carboxylic acids is 2. The molecule has 87 heavy (non-hydrogen) atoms. The van der Waals surface area contributed by atoms with Gasteiger partial charge in [-0.2, -0.15) is 0 Å². The fraction of sp³-hybridized carbons (Fsp3) is 0.855. The van der Waals surface area contributed by atoms with E-state index >= 15 is 4.79 Å². The smallest absolute Gasteiger partial charge is 0.193 e. The Morgan fingerprint density at radius 3 is 1.70 bits per heavy atom. The minimum Gasteiger partial charge on any atom is -0.414 e. The minimum absolute atomic E-state index is 0.00106. The van der Waals surface area contributed by atoms with Crippen LogP contribution in [0.4, 0.5) is 0 Å². The number of Topliss-reactive ketones (excluding diaryl/α,β-unsaturated/α-hetero) is 1. The van der Waals surface area contributed by atoms with E-state index in [2.05, 4.69) is 222 Å². The van der Waals surface area contributed by atoms with Crippen LogP contribution in [-0.2, 0) is 55.4 Å². The fourth-order valence-corrected chi connectivity index (χ4v) is 18.3. The molecule has 5 saturated heterocycles. The standard InChI is InChI=1S/C69H127IO12Si5/c1-46-38-52(31-33-56-47(2)39-51(74-56)30-29-37-71)75-59(48(46)3)44-60-49(41-54(76-60)43-55(79-84(21,22)66(7,8)9)45-73-83(19,20)65(4,5)6)40-50(72)42-53-32-34-57-61(77-53)63(81-86(25,26)68(13,14)15)64(82-87(27,28)69(16,17)18)62(78-57)58(35-36-70)80-85(23,24)67(10,11)12/h35-37,49,51-64H,1-3,29-34,38-45H2,4-28H3/b36-35+/t49-,51+,52+,53-,54+,55+,56+,57+,58?,59-,60+,61-,62?,63?,64?/m1/s1. The van der Waals surface area contributed by atoms with Gasteiger partial charge in [0.1, 0.15) is 36.5 Å². The molecule has 0 saturated carbocycles. The Kier molecular flexibility index (Phi) is 26.5. The van der Waals surface area contributed by atoms with Gasteiger partial charge < -0.3 is 50.6 Å². The molecule has 18 heteroatoms. The van der Waals surface area contributed by atoms with E-state index in [0.29, 0.717) is 58.0 Å². The van der Waals surface area contributed by atoms with Crippen LogP contribution >= 0.6 is 22.6 Å². The lowest BCUT2D eigenvalue weighted by atomic mass is 9.84. The number of ether oxygens (including phenoxy) is 5.